The summed E-state index contributed by atoms with van der Waals surface area (Å²) in [6.45, 7) is 1.95. The van der Waals surface area contributed by atoms with Gasteiger partial charge in [-0.3, -0.25) is 0 Å². The molecule has 4 heteroatoms. The Labute approximate surface area is 95.0 Å². The zero-order valence-corrected chi connectivity index (χ0v) is 9.89. The molecule has 0 bridgehead atoms. The first-order valence-electron chi connectivity index (χ1n) is 3.77. The number of hydrogen-bond donors (Lipinski definition) is 1. The molecule has 0 spiro atoms. The van der Waals surface area contributed by atoms with Gasteiger partial charge in [0.1, 0.15) is 0 Å². The summed E-state index contributed by atoms with van der Waals surface area (Å²) in [5.41, 5.74) is 1.07. The topological polar surface area (TPSA) is 37.3 Å². The predicted molar refractivity (Wildman–Crippen MR) is 60.5 cm³/mol. The van der Waals surface area contributed by atoms with Gasteiger partial charge in [0, 0.05) is 3.57 Å². The molecule has 2 nitrogen and oxygen atoms in total. The van der Waals surface area contributed by atoms with Gasteiger partial charge in [-0.05, 0) is 46.7 Å². The molecule has 0 fully saturated rings. The summed E-state index contributed by atoms with van der Waals surface area (Å²) in [6, 6.07) is 3.47. The Morgan fingerprint density at radius 2 is 2.23 bits per heavy atom. The number of carboxylic acid groups (broad SMARTS) is 1. The minimum atomic E-state index is -0.974. The van der Waals surface area contributed by atoms with Crippen LogP contribution in [0, 0.1) is 3.57 Å². The fraction of sp³-hybridized carbons (Fsp3) is 0.222. The Balaban J connectivity index is 3.35. The van der Waals surface area contributed by atoms with Crippen molar-refractivity contribution in [3.05, 3.63) is 31.9 Å². The van der Waals surface area contributed by atoms with Crippen LogP contribution in [0.15, 0.2) is 12.1 Å². The Morgan fingerprint density at radius 3 is 2.69 bits per heavy atom. The van der Waals surface area contributed by atoms with Gasteiger partial charge in [0.15, 0.2) is 0 Å². The van der Waals surface area contributed by atoms with Gasteiger partial charge < -0.3 is 5.11 Å². The minimum Gasteiger partial charge on any atom is -0.478 e. The van der Waals surface area contributed by atoms with Gasteiger partial charge >= 0.3 is 5.97 Å². The summed E-state index contributed by atoms with van der Waals surface area (Å²) >= 11 is 7.97. The predicted octanol–water partition coefficient (Wildman–Crippen LogP) is 3.21. The SMILES string of the molecule is CCc1cc(I)cc(C(=O)O)c1Cl. The van der Waals surface area contributed by atoms with Gasteiger partial charge in [-0.25, -0.2) is 4.79 Å². The van der Waals surface area contributed by atoms with E-state index in [4.69, 9.17) is 16.7 Å². The monoisotopic (exact) mass is 310 g/mol. The van der Waals surface area contributed by atoms with Crippen LogP contribution in [0.1, 0.15) is 22.8 Å². The maximum atomic E-state index is 10.8. The third-order valence-corrected chi connectivity index (χ3v) is 2.79. The summed E-state index contributed by atoms with van der Waals surface area (Å²) in [4.78, 5) is 10.8. The Bertz CT molecular complexity index is 350. The normalized spacial score (nSPS) is 10.1. The van der Waals surface area contributed by atoms with Crippen LogP contribution in [0.5, 0.6) is 0 Å². The van der Waals surface area contributed by atoms with E-state index in [0.717, 1.165) is 15.6 Å². The van der Waals surface area contributed by atoms with E-state index in [2.05, 4.69) is 22.6 Å². The van der Waals surface area contributed by atoms with E-state index in [1.165, 1.54) is 0 Å². The van der Waals surface area contributed by atoms with Crippen molar-refractivity contribution in [2.45, 2.75) is 13.3 Å². The third kappa shape index (κ3) is 2.34. The average molecular weight is 311 g/mol. The number of rotatable bonds is 2. The molecule has 0 saturated heterocycles. The first-order valence-corrected chi connectivity index (χ1v) is 5.23. The zero-order valence-electron chi connectivity index (χ0n) is 6.97. The molecule has 1 aromatic rings. The number of aryl methyl sites for hydroxylation is 1. The van der Waals surface area contributed by atoms with Crippen LogP contribution in [0.25, 0.3) is 0 Å². The fourth-order valence-electron chi connectivity index (χ4n) is 1.06. The Morgan fingerprint density at radius 1 is 1.62 bits per heavy atom. The van der Waals surface area contributed by atoms with E-state index in [1.807, 2.05) is 13.0 Å². The molecular weight excluding hydrogens is 302 g/mol. The first-order chi connectivity index (χ1) is 6.06. The molecule has 70 valence electrons. The Hall–Kier alpha value is -0.290. The number of carbonyl (C=O) groups is 1. The van der Waals surface area contributed by atoms with E-state index in [9.17, 15) is 4.79 Å². The highest BCUT2D eigenvalue weighted by molar-refractivity contribution is 14.1. The summed E-state index contributed by atoms with van der Waals surface area (Å²) in [5.74, 6) is -0.974. The largest absolute Gasteiger partial charge is 0.478 e. The smallest absolute Gasteiger partial charge is 0.337 e. The number of hydrogen-bond acceptors (Lipinski definition) is 1. The average Bonchev–Trinajstić information content (AvgIpc) is 2.08. The number of benzene rings is 1. The number of aromatic carboxylic acids is 1. The van der Waals surface area contributed by atoms with Crippen LogP contribution < -0.4 is 0 Å². The minimum absolute atomic E-state index is 0.186. The highest BCUT2D eigenvalue weighted by Gasteiger charge is 2.12. The summed E-state index contributed by atoms with van der Waals surface area (Å²) in [7, 11) is 0. The molecule has 1 aromatic carbocycles. The van der Waals surface area contributed by atoms with E-state index in [-0.39, 0.29) is 5.56 Å². The van der Waals surface area contributed by atoms with Gasteiger partial charge in [0.25, 0.3) is 0 Å². The second-order valence-corrected chi connectivity index (χ2v) is 4.21. The maximum Gasteiger partial charge on any atom is 0.337 e. The van der Waals surface area contributed by atoms with Crippen molar-refractivity contribution < 1.29 is 9.90 Å². The van der Waals surface area contributed by atoms with Crippen molar-refractivity contribution in [3.63, 3.8) is 0 Å². The third-order valence-electron chi connectivity index (χ3n) is 1.72. The molecule has 0 aliphatic rings. The van der Waals surface area contributed by atoms with Crippen LogP contribution in [0.2, 0.25) is 5.02 Å². The fourth-order valence-corrected chi connectivity index (χ4v) is 2.07. The lowest BCUT2D eigenvalue weighted by Crippen LogP contribution is -2.00. The lowest BCUT2D eigenvalue weighted by atomic mass is 10.1. The van der Waals surface area contributed by atoms with Crippen LogP contribution in [-0.2, 0) is 6.42 Å². The molecule has 0 atom stereocenters. The molecule has 13 heavy (non-hydrogen) atoms. The Kier molecular flexibility index (Phi) is 3.55. The molecule has 0 aliphatic carbocycles. The molecule has 0 radical (unpaired) electrons. The van der Waals surface area contributed by atoms with Gasteiger partial charge in [0.2, 0.25) is 0 Å². The van der Waals surface area contributed by atoms with E-state index < -0.39 is 5.97 Å². The zero-order chi connectivity index (χ0) is 10.0. The van der Waals surface area contributed by atoms with Gasteiger partial charge in [-0.2, -0.15) is 0 Å². The van der Waals surface area contributed by atoms with Crippen molar-refractivity contribution in [2.75, 3.05) is 0 Å². The van der Waals surface area contributed by atoms with Crippen molar-refractivity contribution in [2.24, 2.45) is 0 Å². The summed E-state index contributed by atoms with van der Waals surface area (Å²) in [6.07, 6.45) is 0.746. The van der Waals surface area contributed by atoms with Crippen molar-refractivity contribution >= 4 is 40.2 Å². The molecule has 0 amide bonds. The number of carboxylic acids is 1. The maximum absolute atomic E-state index is 10.8. The van der Waals surface area contributed by atoms with Crippen molar-refractivity contribution in [1.82, 2.24) is 0 Å². The van der Waals surface area contributed by atoms with E-state index in [0.29, 0.717) is 5.02 Å². The van der Waals surface area contributed by atoms with Crippen LogP contribution in [-0.4, -0.2) is 11.1 Å². The number of halogens is 2. The quantitative estimate of drug-likeness (QED) is 0.852. The second-order valence-electron chi connectivity index (χ2n) is 2.59. The van der Waals surface area contributed by atoms with Gasteiger partial charge in [-0.15, -0.1) is 0 Å². The molecule has 1 N–H and O–H groups in total. The molecule has 0 aliphatic heterocycles. The molecule has 1 rings (SSSR count). The molecule has 0 heterocycles. The lowest BCUT2D eigenvalue weighted by Gasteiger charge is -2.05. The standard InChI is InChI=1S/C9H8ClIO2/c1-2-5-3-6(11)4-7(8(5)10)9(12)13/h3-4H,2H2,1H3,(H,12,13). The van der Waals surface area contributed by atoms with Crippen LogP contribution >= 0.6 is 34.2 Å². The van der Waals surface area contributed by atoms with Gasteiger partial charge in [-0.1, -0.05) is 18.5 Å². The molecule has 0 unspecified atom stereocenters. The van der Waals surface area contributed by atoms with E-state index in [1.54, 1.807) is 6.07 Å². The molecule has 0 aromatic heterocycles. The van der Waals surface area contributed by atoms with Crippen molar-refractivity contribution in [3.8, 4) is 0 Å². The highest BCUT2D eigenvalue weighted by atomic mass is 127. The van der Waals surface area contributed by atoms with Crippen LogP contribution in [0.4, 0.5) is 0 Å². The first kappa shape index (κ1) is 10.8. The lowest BCUT2D eigenvalue weighted by molar-refractivity contribution is 0.0697. The highest BCUT2D eigenvalue weighted by Crippen LogP contribution is 2.24. The van der Waals surface area contributed by atoms with Crippen LogP contribution in [0.3, 0.4) is 0 Å². The van der Waals surface area contributed by atoms with Gasteiger partial charge in [0.05, 0.1) is 10.6 Å². The molecule has 0 saturated carbocycles. The summed E-state index contributed by atoms with van der Waals surface area (Å²) in [5, 5.41) is 9.18. The molecular formula is C9H8ClIO2. The van der Waals surface area contributed by atoms with E-state index >= 15 is 0 Å². The summed E-state index contributed by atoms with van der Waals surface area (Å²) < 4.78 is 0.899. The van der Waals surface area contributed by atoms with Crippen molar-refractivity contribution in [1.29, 1.82) is 0 Å². The second kappa shape index (κ2) is 4.28.